The summed E-state index contributed by atoms with van der Waals surface area (Å²) in [5.74, 6) is 2.09. The second kappa shape index (κ2) is 6.01. The van der Waals surface area contributed by atoms with Crippen LogP contribution in [0, 0.1) is 19.8 Å². The molecule has 16 heavy (non-hydrogen) atoms. The van der Waals surface area contributed by atoms with E-state index in [0.717, 1.165) is 23.8 Å². The van der Waals surface area contributed by atoms with E-state index < -0.39 is 0 Å². The number of nitrogens with one attached hydrogen (secondary N) is 1. The SMILES string of the molecule is Cc1nc(CNC(CCO)C(C)C)oc1C. The number of oxazole rings is 1. The zero-order chi connectivity index (χ0) is 12.1. The molecule has 0 saturated carbocycles. The minimum atomic E-state index is 0.208. The van der Waals surface area contributed by atoms with Crippen LogP contribution >= 0.6 is 0 Å². The number of aliphatic hydroxyl groups excluding tert-OH is 1. The number of aromatic nitrogens is 1. The summed E-state index contributed by atoms with van der Waals surface area (Å²) in [5, 5.41) is 12.3. The number of rotatable bonds is 6. The lowest BCUT2D eigenvalue weighted by Gasteiger charge is -2.20. The van der Waals surface area contributed by atoms with Crippen molar-refractivity contribution >= 4 is 0 Å². The summed E-state index contributed by atoms with van der Waals surface area (Å²) in [6.45, 7) is 8.96. The summed E-state index contributed by atoms with van der Waals surface area (Å²) >= 11 is 0. The van der Waals surface area contributed by atoms with Gasteiger partial charge in [-0.1, -0.05) is 13.8 Å². The standard InChI is InChI=1S/C12H22N2O2/c1-8(2)11(5-6-15)13-7-12-14-9(3)10(4)16-12/h8,11,13,15H,5-7H2,1-4H3. The molecule has 0 radical (unpaired) electrons. The molecule has 4 nitrogen and oxygen atoms in total. The summed E-state index contributed by atoms with van der Waals surface area (Å²) in [6.07, 6.45) is 0.760. The van der Waals surface area contributed by atoms with Gasteiger partial charge in [-0.3, -0.25) is 0 Å². The Kier molecular flexibility index (Phi) is 4.96. The number of hydrogen-bond donors (Lipinski definition) is 2. The molecule has 0 aliphatic heterocycles. The van der Waals surface area contributed by atoms with Gasteiger partial charge in [0.15, 0.2) is 0 Å². The first-order chi connectivity index (χ1) is 7.54. The van der Waals surface area contributed by atoms with Gasteiger partial charge in [0.25, 0.3) is 0 Å². The smallest absolute Gasteiger partial charge is 0.208 e. The van der Waals surface area contributed by atoms with Gasteiger partial charge in [-0.2, -0.15) is 0 Å². The summed E-state index contributed by atoms with van der Waals surface area (Å²) < 4.78 is 5.49. The molecule has 1 atom stereocenters. The van der Waals surface area contributed by atoms with Gasteiger partial charge in [0.2, 0.25) is 5.89 Å². The predicted octanol–water partition coefficient (Wildman–Crippen LogP) is 1.79. The van der Waals surface area contributed by atoms with Crippen LogP contribution < -0.4 is 5.32 Å². The largest absolute Gasteiger partial charge is 0.444 e. The van der Waals surface area contributed by atoms with E-state index in [0.29, 0.717) is 18.5 Å². The van der Waals surface area contributed by atoms with E-state index >= 15 is 0 Å². The molecule has 0 saturated heterocycles. The molecule has 1 rings (SSSR count). The molecule has 1 heterocycles. The van der Waals surface area contributed by atoms with Crippen LogP contribution in [0.5, 0.6) is 0 Å². The van der Waals surface area contributed by atoms with Crippen molar-refractivity contribution in [2.24, 2.45) is 5.92 Å². The molecule has 0 bridgehead atoms. The highest BCUT2D eigenvalue weighted by atomic mass is 16.4. The maximum absolute atomic E-state index is 8.95. The lowest BCUT2D eigenvalue weighted by Crippen LogP contribution is -2.34. The molecule has 0 aromatic carbocycles. The Hall–Kier alpha value is -0.870. The molecule has 0 amide bonds. The Morgan fingerprint density at radius 1 is 1.38 bits per heavy atom. The Labute approximate surface area is 97.1 Å². The number of aryl methyl sites for hydroxylation is 2. The van der Waals surface area contributed by atoms with Gasteiger partial charge >= 0.3 is 0 Å². The van der Waals surface area contributed by atoms with E-state index in [1.54, 1.807) is 0 Å². The fraction of sp³-hybridized carbons (Fsp3) is 0.750. The van der Waals surface area contributed by atoms with Crippen LogP contribution in [0.15, 0.2) is 4.42 Å². The molecule has 0 aliphatic rings. The van der Waals surface area contributed by atoms with E-state index in [1.165, 1.54) is 0 Å². The van der Waals surface area contributed by atoms with Crippen molar-refractivity contribution in [3.05, 3.63) is 17.3 Å². The maximum Gasteiger partial charge on any atom is 0.208 e. The van der Waals surface area contributed by atoms with Crippen LogP contribution in [-0.2, 0) is 6.54 Å². The zero-order valence-electron chi connectivity index (χ0n) is 10.6. The summed E-state index contributed by atoms with van der Waals surface area (Å²) in [7, 11) is 0. The van der Waals surface area contributed by atoms with Crippen molar-refractivity contribution in [1.29, 1.82) is 0 Å². The van der Waals surface area contributed by atoms with E-state index in [9.17, 15) is 0 Å². The van der Waals surface area contributed by atoms with Crippen molar-refractivity contribution in [3.63, 3.8) is 0 Å². The van der Waals surface area contributed by atoms with Crippen LogP contribution in [0.25, 0.3) is 0 Å². The summed E-state index contributed by atoms with van der Waals surface area (Å²) in [4.78, 5) is 4.31. The van der Waals surface area contributed by atoms with Gasteiger partial charge in [-0.25, -0.2) is 4.98 Å². The molecule has 1 aromatic heterocycles. The van der Waals surface area contributed by atoms with Crippen molar-refractivity contribution in [2.45, 2.75) is 46.7 Å². The van der Waals surface area contributed by atoms with E-state index in [-0.39, 0.29) is 6.61 Å². The van der Waals surface area contributed by atoms with Crippen molar-refractivity contribution in [1.82, 2.24) is 10.3 Å². The third-order valence-corrected chi connectivity index (χ3v) is 2.83. The van der Waals surface area contributed by atoms with Gasteiger partial charge < -0.3 is 14.8 Å². The molecular weight excluding hydrogens is 204 g/mol. The molecule has 1 aromatic rings. The quantitative estimate of drug-likeness (QED) is 0.776. The number of aliphatic hydroxyl groups is 1. The molecule has 0 aliphatic carbocycles. The predicted molar refractivity (Wildman–Crippen MR) is 63.1 cm³/mol. The molecule has 0 spiro atoms. The second-order valence-corrected chi connectivity index (χ2v) is 4.49. The fourth-order valence-corrected chi connectivity index (χ4v) is 1.64. The maximum atomic E-state index is 8.95. The first kappa shape index (κ1) is 13.2. The van der Waals surface area contributed by atoms with Crippen molar-refractivity contribution < 1.29 is 9.52 Å². The van der Waals surface area contributed by atoms with Gasteiger partial charge in [-0.05, 0) is 26.2 Å². The van der Waals surface area contributed by atoms with Crippen molar-refractivity contribution in [2.75, 3.05) is 6.61 Å². The third kappa shape index (κ3) is 3.61. The van der Waals surface area contributed by atoms with Gasteiger partial charge in [-0.15, -0.1) is 0 Å². The molecule has 92 valence electrons. The lowest BCUT2D eigenvalue weighted by atomic mass is 10.0. The first-order valence-corrected chi connectivity index (χ1v) is 5.81. The summed E-state index contributed by atoms with van der Waals surface area (Å²) in [6, 6.07) is 0.303. The minimum absolute atomic E-state index is 0.208. The minimum Gasteiger partial charge on any atom is -0.444 e. The monoisotopic (exact) mass is 226 g/mol. The average Bonchev–Trinajstić information content (AvgIpc) is 2.53. The topological polar surface area (TPSA) is 58.3 Å². The van der Waals surface area contributed by atoms with Crippen LogP contribution in [0.3, 0.4) is 0 Å². The third-order valence-electron chi connectivity index (χ3n) is 2.83. The summed E-state index contributed by atoms with van der Waals surface area (Å²) in [5.41, 5.74) is 0.944. The van der Waals surface area contributed by atoms with Crippen LogP contribution in [0.2, 0.25) is 0 Å². The highest BCUT2D eigenvalue weighted by Crippen LogP contribution is 2.10. The van der Waals surface area contributed by atoms with Gasteiger partial charge in [0.1, 0.15) is 5.76 Å². The average molecular weight is 226 g/mol. The van der Waals surface area contributed by atoms with Crippen LogP contribution in [-0.4, -0.2) is 22.7 Å². The van der Waals surface area contributed by atoms with Crippen molar-refractivity contribution in [3.8, 4) is 0 Å². The second-order valence-electron chi connectivity index (χ2n) is 4.49. The normalized spacial score (nSPS) is 13.4. The number of nitrogens with zero attached hydrogens (tertiary/aromatic N) is 1. The van der Waals surface area contributed by atoms with Gasteiger partial charge in [0, 0.05) is 12.6 Å². The molecule has 4 heteroatoms. The van der Waals surface area contributed by atoms with E-state index in [2.05, 4.69) is 24.1 Å². The molecule has 1 unspecified atom stereocenters. The Bertz CT molecular complexity index is 301. The van der Waals surface area contributed by atoms with E-state index in [4.69, 9.17) is 9.52 Å². The van der Waals surface area contributed by atoms with E-state index in [1.807, 2.05) is 13.8 Å². The fourth-order valence-electron chi connectivity index (χ4n) is 1.64. The molecule has 2 N–H and O–H groups in total. The number of hydrogen-bond acceptors (Lipinski definition) is 4. The molecular formula is C12H22N2O2. The highest BCUT2D eigenvalue weighted by Gasteiger charge is 2.13. The Balaban J connectivity index is 2.48. The molecule has 0 fully saturated rings. The lowest BCUT2D eigenvalue weighted by molar-refractivity contribution is 0.240. The van der Waals surface area contributed by atoms with Gasteiger partial charge in [0.05, 0.1) is 12.2 Å². The zero-order valence-corrected chi connectivity index (χ0v) is 10.6. The van der Waals surface area contributed by atoms with Crippen LogP contribution in [0.1, 0.15) is 37.6 Å². The first-order valence-electron chi connectivity index (χ1n) is 5.81. The van der Waals surface area contributed by atoms with Crippen LogP contribution in [0.4, 0.5) is 0 Å². The Morgan fingerprint density at radius 2 is 2.06 bits per heavy atom. The Morgan fingerprint density at radius 3 is 2.50 bits per heavy atom. The highest BCUT2D eigenvalue weighted by molar-refractivity contribution is 5.05.